The molecule has 2 rings (SSSR count). The summed E-state index contributed by atoms with van der Waals surface area (Å²) in [6.07, 6.45) is 5.85. The zero-order valence-electron chi connectivity index (χ0n) is 15.2. The highest BCUT2D eigenvalue weighted by Crippen LogP contribution is 2.31. The molecule has 0 saturated heterocycles. The van der Waals surface area contributed by atoms with E-state index in [2.05, 4.69) is 67.0 Å². The standard InChI is InChI=1S/C20H31N3S/c1-4-9-16(21)10-5-6-15-22-24-20-14-8-11-17-18(20)12-7-13-19(17)23(2)3/h7-8,11-14,16,22H,4-6,9-10,15,21H2,1-3H3. The van der Waals surface area contributed by atoms with Crippen molar-refractivity contribution in [3.8, 4) is 0 Å². The predicted molar refractivity (Wildman–Crippen MR) is 109 cm³/mol. The van der Waals surface area contributed by atoms with Gasteiger partial charge in [-0.3, -0.25) is 4.72 Å². The lowest BCUT2D eigenvalue weighted by Crippen LogP contribution is -2.19. The molecule has 1 unspecified atom stereocenters. The van der Waals surface area contributed by atoms with Crippen molar-refractivity contribution in [2.75, 3.05) is 25.5 Å². The van der Waals surface area contributed by atoms with Crippen LogP contribution in [0.5, 0.6) is 0 Å². The molecule has 24 heavy (non-hydrogen) atoms. The number of hydrogen-bond acceptors (Lipinski definition) is 4. The Morgan fingerprint density at radius 2 is 1.79 bits per heavy atom. The quantitative estimate of drug-likeness (QED) is 0.479. The third-order valence-corrected chi connectivity index (χ3v) is 5.21. The SMILES string of the molecule is CCCC(N)CCCCNSc1cccc2c(N(C)C)cccc12. The second kappa shape index (κ2) is 9.92. The average molecular weight is 346 g/mol. The van der Waals surface area contributed by atoms with Gasteiger partial charge in [-0.05, 0) is 48.7 Å². The zero-order valence-corrected chi connectivity index (χ0v) is 16.0. The first-order valence-corrected chi connectivity index (χ1v) is 9.79. The lowest BCUT2D eigenvalue weighted by atomic mass is 10.1. The molecular formula is C20H31N3S. The van der Waals surface area contributed by atoms with Crippen LogP contribution in [0.25, 0.3) is 10.8 Å². The van der Waals surface area contributed by atoms with E-state index in [-0.39, 0.29) is 0 Å². The lowest BCUT2D eigenvalue weighted by Gasteiger charge is -2.16. The first kappa shape index (κ1) is 19.1. The molecule has 0 aliphatic heterocycles. The molecule has 2 aromatic rings. The summed E-state index contributed by atoms with van der Waals surface area (Å²) in [7, 11) is 4.19. The number of rotatable bonds is 10. The molecule has 2 aromatic carbocycles. The minimum atomic E-state index is 0.380. The van der Waals surface area contributed by atoms with Gasteiger partial charge < -0.3 is 10.6 Å². The number of anilines is 1. The maximum absolute atomic E-state index is 6.06. The molecule has 0 heterocycles. The van der Waals surface area contributed by atoms with Crippen LogP contribution < -0.4 is 15.4 Å². The van der Waals surface area contributed by atoms with Crippen LogP contribution in [0.15, 0.2) is 41.3 Å². The molecular weight excluding hydrogens is 314 g/mol. The second-order valence-electron chi connectivity index (χ2n) is 6.56. The van der Waals surface area contributed by atoms with Gasteiger partial charge in [0.15, 0.2) is 0 Å². The van der Waals surface area contributed by atoms with Crippen LogP contribution in [0, 0.1) is 0 Å². The fraction of sp³-hybridized carbons (Fsp3) is 0.500. The molecule has 0 radical (unpaired) electrons. The minimum absolute atomic E-state index is 0.380. The summed E-state index contributed by atoms with van der Waals surface area (Å²) in [6.45, 7) is 3.22. The third-order valence-electron chi connectivity index (χ3n) is 4.29. The minimum Gasteiger partial charge on any atom is -0.377 e. The smallest absolute Gasteiger partial charge is 0.0441 e. The number of hydrogen-bond donors (Lipinski definition) is 2. The van der Waals surface area contributed by atoms with Gasteiger partial charge in [0.05, 0.1) is 0 Å². The molecule has 0 bridgehead atoms. The highest BCUT2D eigenvalue weighted by Gasteiger charge is 2.06. The maximum atomic E-state index is 6.06. The van der Waals surface area contributed by atoms with E-state index in [4.69, 9.17) is 5.73 Å². The Labute approximate surface area is 151 Å². The number of benzene rings is 2. The Kier molecular flexibility index (Phi) is 7.89. The highest BCUT2D eigenvalue weighted by molar-refractivity contribution is 7.97. The van der Waals surface area contributed by atoms with Crippen molar-refractivity contribution in [1.82, 2.24) is 4.72 Å². The van der Waals surface area contributed by atoms with Gasteiger partial charge in [0.2, 0.25) is 0 Å². The van der Waals surface area contributed by atoms with Gasteiger partial charge in [0.1, 0.15) is 0 Å². The van der Waals surface area contributed by atoms with Crippen LogP contribution in [0.4, 0.5) is 5.69 Å². The summed E-state index contributed by atoms with van der Waals surface area (Å²) < 4.78 is 3.51. The van der Waals surface area contributed by atoms with E-state index in [1.807, 2.05) is 0 Å². The molecule has 0 aliphatic rings. The van der Waals surface area contributed by atoms with Gasteiger partial charge >= 0.3 is 0 Å². The summed E-state index contributed by atoms with van der Waals surface area (Å²) >= 11 is 1.74. The maximum Gasteiger partial charge on any atom is 0.0441 e. The van der Waals surface area contributed by atoms with Crippen LogP contribution in [0.3, 0.4) is 0 Å². The largest absolute Gasteiger partial charge is 0.377 e. The topological polar surface area (TPSA) is 41.3 Å². The van der Waals surface area contributed by atoms with Crippen molar-refractivity contribution in [3.05, 3.63) is 36.4 Å². The van der Waals surface area contributed by atoms with E-state index in [9.17, 15) is 0 Å². The van der Waals surface area contributed by atoms with E-state index in [1.165, 1.54) is 40.6 Å². The Hall–Kier alpha value is -1.23. The number of nitrogens with zero attached hydrogens (tertiary/aromatic N) is 1. The van der Waals surface area contributed by atoms with Gasteiger partial charge in [-0.2, -0.15) is 0 Å². The molecule has 3 N–H and O–H groups in total. The van der Waals surface area contributed by atoms with Crippen molar-refractivity contribution in [2.45, 2.75) is 50.0 Å². The molecule has 1 atom stereocenters. The van der Waals surface area contributed by atoms with Crippen molar-refractivity contribution in [2.24, 2.45) is 5.73 Å². The molecule has 0 aliphatic carbocycles. The fourth-order valence-corrected chi connectivity index (χ4v) is 3.83. The molecule has 0 saturated carbocycles. The number of unbranched alkanes of at least 4 members (excludes halogenated alkanes) is 1. The van der Waals surface area contributed by atoms with E-state index < -0.39 is 0 Å². The summed E-state index contributed by atoms with van der Waals surface area (Å²) in [5.41, 5.74) is 7.32. The van der Waals surface area contributed by atoms with E-state index in [1.54, 1.807) is 11.9 Å². The number of nitrogens with one attached hydrogen (secondary N) is 1. The van der Waals surface area contributed by atoms with Crippen molar-refractivity contribution < 1.29 is 0 Å². The summed E-state index contributed by atoms with van der Waals surface area (Å²) in [4.78, 5) is 3.46. The Morgan fingerprint density at radius 1 is 1.04 bits per heavy atom. The summed E-state index contributed by atoms with van der Waals surface area (Å²) in [5.74, 6) is 0. The van der Waals surface area contributed by atoms with Gasteiger partial charge in [-0.15, -0.1) is 0 Å². The van der Waals surface area contributed by atoms with Crippen molar-refractivity contribution in [1.29, 1.82) is 0 Å². The Morgan fingerprint density at radius 3 is 2.54 bits per heavy atom. The first-order valence-electron chi connectivity index (χ1n) is 8.97. The highest BCUT2D eigenvalue weighted by atomic mass is 32.2. The predicted octanol–water partition coefficient (Wildman–Crippen LogP) is 4.80. The monoisotopic (exact) mass is 345 g/mol. The Bertz CT molecular complexity index is 627. The molecule has 0 spiro atoms. The number of nitrogens with two attached hydrogens (primary N) is 1. The summed E-state index contributed by atoms with van der Waals surface area (Å²) in [5, 5.41) is 2.62. The van der Waals surface area contributed by atoms with Gasteiger partial charge in [-0.1, -0.05) is 44.0 Å². The fourth-order valence-electron chi connectivity index (χ4n) is 2.99. The van der Waals surface area contributed by atoms with Gasteiger partial charge in [-0.25, -0.2) is 0 Å². The van der Waals surface area contributed by atoms with E-state index in [0.717, 1.165) is 19.4 Å². The summed E-state index contributed by atoms with van der Waals surface area (Å²) in [6, 6.07) is 13.4. The van der Waals surface area contributed by atoms with Gasteiger partial charge in [0, 0.05) is 42.7 Å². The van der Waals surface area contributed by atoms with Crippen LogP contribution >= 0.6 is 11.9 Å². The zero-order chi connectivity index (χ0) is 17.4. The number of fused-ring (bicyclic) bond motifs is 1. The second-order valence-corrected chi connectivity index (χ2v) is 7.50. The van der Waals surface area contributed by atoms with Crippen LogP contribution in [-0.4, -0.2) is 26.7 Å². The van der Waals surface area contributed by atoms with Crippen LogP contribution in [-0.2, 0) is 0 Å². The van der Waals surface area contributed by atoms with Crippen molar-refractivity contribution in [3.63, 3.8) is 0 Å². The van der Waals surface area contributed by atoms with E-state index in [0.29, 0.717) is 6.04 Å². The lowest BCUT2D eigenvalue weighted by molar-refractivity contribution is 0.527. The van der Waals surface area contributed by atoms with Gasteiger partial charge in [0.25, 0.3) is 0 Å². The molecule has 4 heteroatoms. The normalized spacial score (nSPS) is 12.5. The van der Waals surface area contributed by atoms with E-state index >= 15 is 0 Å². The first-order chi connectivity index (χ1) is 11.6. The van der Waals surface area contributed by atoms with Crippen molar-refractivity contribution >= 4 is 28.4 Å². The molecule has 132 valence electrons. The average Bonchev–Trinajstić information content (AvgIpc) is 2.57. The third kappa shape index (κ3) is 5.40. The Balaban J connectivity index is 1.86. The molecule has 0 fully saturated rings. The molecule has 0 aromatic heterocycles. The van der Waals surface area contributed by atoms with Crippen LogP contribution in [0.2, 0.25) is 0 Å². The molecule has 3 nitrogen and oxygen atoms in total. The molecule has 0 amide bonds. The van der Waals surface area contributed by atoms with Crippen LogP contribution in [0.1, 0.15) is 39.0 Å².